The Labute approximate surface area is 158 Å². The summed E-state index contributed by atoms with van der Waals surface area (Å²) in [6.45, 7) is 9.98. The van der Waals surface area contributed by atoms with E-state index < -0.39 is 0 Å². The number of benzene rings is 2. The summed E-state index contributed by atoms with van der Waals surface area (Å²) in [5.74, 6) is 0.536. The van der Waals surface area contributed by atoms with Gasteiger partial charge in [0.1, 0.15) is 0 Å². The van der Waals surface area contributed by atoms with Crippen LogP contribution in [0.1, 0.15) is 39.5 Å². The van der Waals surface area contributed by atoms with Gasteiger partial charge in [0.2, 0.25) is 5.89 Å². The van der Waals surface area contributed by atoms with Gasteiger partial charge in [-0.1, -0.05) is 41.1 Å². The molecule has 0 N–H and O–H groups in total. The number of hydrogen-bond acceptors (Lipinski definition) is 5. The Bertz CT molecular complexity index is 942. The lowest BCUT2D eigenvalue weighted by atomic mass is 10.0. The van der Waals surface area contributed by atoms with Crippen molar-refractivity contribution in [1.82, 2.24) is 10.2 Å². The fraction of sp³-hybridized carbons (Fsp3) is 0.286. The van der Waals surface area contributed by atoms with E-state index in [1.165, 1.54) is 17.3 Å². The first-order valence-electron chi connectivity index (χ1n) is 8.54. The van der Waals surface area contributed by atoms with Crippen molar-refractivity contribution in [2.45, 2.75) is 45.1 Å². The molecule has 5 heteroatoms. The lowest BCUT2D eigenvalue weighted by Gasteiger charge is -2.09. The van der Waals surface area contributed by atoms with Gasteiger partial charge in [-0.2, -0.15) is 0 Å². The normalized spacial score (nSPS) is 12.2. The number of carbonyl (C=O) groups excluding carboxylic acids is 1. The molecule has 0 bridgehead atoms. The van der Waals surface area contributed by atoms with Gasteiger partial charge >= 0.3 is 0 Å². The van der Waals surface area contributed by atoms with E-state index in [2.05, 4.69) is 16.3 Å². The highest BCUT2D eigenvalue weighted by atomic mass is 32.2. The number of ketones is 1. The molecular formula is C21H22N2O2S. The molecule has 0 amide bonds. The molecule has 1 atom stereocenters. The zero-order chi connectivity index (χ0) is 18.8. The maximum atomic E-state index is 12.7. The van der Waals surface area contributed by atoms with Crippen LogP contribution in [0, 0.1) is 27.7 Å². The Kier molecular flexibility index (Phi) is 5.28. The summed E-state index contributed by atoms with van der Waals surface area (Å²) < 4.78 is 5.77. The van der Waals surface area contributed by atoms with Crippen LogP contribution in [0.15, 0.2) is 46.0 Å². The van der Waals surface area contributed by atoms with Gasteiger partial charge in [-0.15, -0.1) is 10.2 Å². The molecule has 26 heavy (non-hydrogen) atoms. The lowest BCUT2D eigenvalue weighted by Crippen LogP contribution is -2.13. The molecule has 134 valence electrons. The summed E-state index contributed by atoms with van der Waals surface area (Å²) in [5.41, 5.74) is 6.19. The second-order valence-corrected chi connectivity index (χ2v) is 7.96. The molecule has 0 fully saturated rings. The van der Waals surface area contributed by atoms with E-state index >= 15 is 0 Å². The van der Waals surface area contributed by atoms with E-state index in [0.29, 0.717) is 16.7 Å². The highest BCUT2D eigenvalue weighted by Gasteiger charge is 2.20. The van der Waals surface area contributed by atoms with Gasteiger partial charge in [-0.3, -0.25) is 4.79 Å². The van der Waals surface area contributed by atoms with Crippen LogP contribution in [0.5, 0.6) is 0 Å². The molecule has 0 spiro atoms. The Morgan fingerprint density at radius 3 is 2.31 bits per heavy atom. The number of hydrogen-bond donors (Lipinski definition) is 0. The molecule has 0 aliphatic heterocycles. The van der Waals surface area contributed by atoms with E-state index in [1.54, 1.807) is 0 Å². The number of Topliss-reactive ketones (excluding diaryl/α,β-unsaturated/α-hetero) is 1. The van der Waals surface area contributed by atoms with Gasteiger partial charge < -0.3 is 4.42 Å². The average Bonchev–Trinajstić information content (AvgIpc) is 3.04. The van der Waals surface area contributed by atoms with Crippen molar-refractivity contribution in [3.63, 3.8) is 0 Å². The van der Waals surface area contributed by atoms with Crippen LogP contribution in [-0.2, 0) is 0 Å². The van der Waals surface area contributed by atoms with Gasteiger partial charge in [-0.05, 0) is 63.9 Å². The predicted molar refractivity (Wildman–Crippen MR) is 105 cm³/mol. The second kappa shape index (κ2) is 7.46. The first kappa shape index (κ1) is 18.4. The maximum absolute atomic E-state index is 12.7. The van der Waals surface area contributed by atoms with E-state index in [9.17, 15) is 4.79 Å². The Morgan fingerprint density at radius 1 is 0.962 bits per heavy atom. The summed E-state index contributed by atoms with van der Waals surface area (Å²) in [5, 5.41) is 8.33. The Hall–Kier alpha value is -2.40. The van der Waals surface area contributed by atoms with Gasteiger partial charge in [-0.25, -0.2) is 0 Å². The van der Waals surface area contributed by atoms with Crippen LogP contribution >= 0.6 is 11.8 Å². The van der Waals surface area contributed by atoms with Crippen LogP contribution in [0.2, 0.25) is 0 Å². The lowest BCUT2D eigenvalue weighted by molar-refractivity contribution is 0.0993. The molecule has 3 rings (SSSR count). The zero-order valence-corrected chi connectivity index (χ0v) is 16.5. The number of thioether (sulfide) groups is 1. The van der Waals surface area contributed by atoms with Gasteiger partial charge in [0.25, 0.3) is 5.22 Å². The van der Waals surface area contributed by atoms with Crippen molar-refractivity contribution in [2.75, 3.05) is 0 Å². The Morgan fingerprint density at radius 2 is 1.65 bits per heavy atom. The van der Waals surface area contributed by atoms with E-state index in [1.807, 2.05) is 65.0 Å². The maximum Gasteiger partial charge on any atom is 0.277 e. The highest BCUT2D eigenvalue weighted by molar-refractivity contribution is 8.00. The molecule has 0 aliphatic rings. The van der Waals surface area contributed by atoms with Gasteiger partial charge in [0.05, 0.1) is 5.25 Å². The van der Waals surface area contributed by atoms with Crippen LogP contribution in [0.25, 0.3) is 11.5 Å². The third kappa shape index (κ3) is 4.05. The van der Waals surface area contributed by atoms with E-state index in [-0.39, 0.29) is 11.0 Å². The third-order valence-corrected chi connectivity index (χ3v) is 5.25. The standard InChI is InChI=1S/C21H22N2O2S/c1-12-8-13(2)10-18(9-12)20-22-23-21(25-20)26-16(5)19(24)17-7-6-14(3)15(4)11-17/h6-11,16H,1-5H3. The molecule has 0 radical (unpaired) electrons. The molecule has 0 saturated heterocycles. The second-order valence-electron chi connectivity index (χ2n) is 6.67. The molecule has 2 aromatic carbocycles. The smallest absolute Gasteiger partial charge is 0.277 e. The summed E-state index contributed by atoms with van der Waals surface area (Å²) in [6.07, 6.45) is 0. The minimum atomic E-state index is -0.301. The molecule has 0 saturated carbocycles. The fourth-order valence-electron chi connectivity index (χ4n) is 2.81. The summed E-state index contributed by atoms with van der Waals surface area (Å²) in [4.78, 5) is 12.7. The molecule has 1 heterocycles. The average molecular weight is 366 g/mol. The largest absolute Gasteiger partial charge is 0.411 e. The summed E-state index contributed by atoms with van der Waals surface area (Å²) in [6, 6.07) is 11.9. The molecule has 0 aliphatic carbocycles. The number of carbonyl (C=O) groups is 1. The van der Waals surface area contributed by atoms with Gasteiger partial charge in [0, 0.05) is 11.1 Å². The quantitative estimate of drug-likeness (QED) is 0.451. The molecule has 4 nitrogen and oxygen atoms in total. The van der Waals surface area contributed by atoms with Crippen molar-refractivity contribution >= 4 is 17.5 Å². The number of rotatable bonds is 5. The Balaban J connectivity index is 1.75. The predicted octanol–water partition coefficient (Wildman–Crippen LogP) is 5.33. The third-order valence-electron chi connectivity index (χ3n) is 4.31. The van der Waals surface area contributed by atoms with E-state index in [4.69, 9.17) is 4.42 Å². The number of aryl methyl sites for hydroxylation is 4. The zero-order valence-electron chi connectivity index (χ0n) is 15.7. The minimum absolute atomic E-state index is 0.0595. The number of aromatic nitrogens is 2. The van der Waals surface area contributed by atoms with Crippen molar-refractivity contribution in [3.05, 3.63) is 64.2 Å². The van der Waals surface area contributed by atoms with Crippen LogP contribution in [0.4, 0.5) is 0 Å². The summed E-state index contributed by atoms with van der Waals surface area (Å²) in [7, 11) is 0. The SMILES string of the molecule is Cc1cc(C)cc(-c2nnc(SC(C)C(=O)c3ccc(C)c(C)c3)o2)c1. The first-order valence-corrected chi connectivity index (χ1v) is 9.42. The molecule has 1 unspecified atom stereocenters. The number of nitrogens with zero attached hydrogens (tertiary/aromatic N) is 2. The van der Waals surface area contributed by atoms with Crippen LogP contribution in [0.3, 0.4) is 0 Å². The van der Waals surface area contributed by atoms with Crippen molar-refractivity contribution in [2.24, 2.45) is 0 Å². The summed E-state index contributed by atoms with van der Waals surface area (Å²) >= 11 is 1.29. The monoisotopic (exact) mass is 366 g/mol. The van der Waals surface area contributed by atoms with E-state index in [0.717, 1.165) is 22.3 Å². The van der Waals surface area contributed by atoms with Crippen molar-refractivity contribution < 1.29 is 9.21 Å². The first-order chi connectivity index (χ1) is 12.3. The molecule has 1 aromatic heterocycles. The van der Waals surface area contributed by atoms with Crippen LogP contribution < -0.4 is 0 Å². The van der Waals surface area contributed by atoms with Crippen molar-refractivity contribution in [3.8, 4) is 11.5 Å². The fourth-order valence-corrected chi connectivity index (χ4v) is 3.57. The van der Waals surface area contributed by atoms with Gasteiger partial charge in [0.15, 0.2) is 5.78 Å². The van der Waals surface area contributed by atoms with Crippen LogP contribution in [-0.4, -0.2) is 21.2 Å². The molecular weight excluding hydrogens is 344 g/mol. The topological polar surface area (TPSA) is 56.0 Å². The minimum Gasteiger partial charge on any atom is -0.411 e. The van der Waals surface area contributed by atoms with Crippen molar-refractivity contribution in [1.29, 1.82) is 0 Å². The molecule has 3 aromatic rings. The highest BCUT2D eigenvalue weighted by Crippen LogP contribution is 2.28.